The first-order valence-corrected chi connectivity index (χ1v) is 7.51. The fraction of sp³-hybridized carbons (Fsp3) is 0.312. The molecule has 7 nitrogen and oxygen atoms in total. The van der Waals surface area contributed by atoms with E-state index in [-0.39, 0.29) is 12.1 Å². The van der Waals surface area contributed by atoms with Crippen molar-refractivity contribution in [1.82, 2.24) is 25.3 Å². The van der Waals surface area contributed by atoms with E-state index in [2.05, 4.69) is 25.9 Å². The molecule has 120 valence electrons. The maximum Gasteiger partial charge on any atom is 0.319 e. The molecule has 0 aliphatic rings. The number of aryl methyl sites for hydroxylation is 2. The van der Waals surface area contributed by atoms with Gasteiger partial charge < -0.3 is 10.6 Å². The largest absolute Gasteiger partial charge is 0.335 e. The highest BCUT2D eigenvalue weighted by atomic mass is 16.2. The van der Waals surface area contributed by atoms with Crippen LogP contribution < -0.4 is 10.6 Å². The van der Waals surface area contributed by atoms with Gasteiger partial charge in [0.25, 0.3) is 0 Å². The predicted octanol–water partition coefficient (Wildman–Crippen LogP) is 2.36. The number of nitrogens with one attached hydrogen (secondary N) is 3. The molecule has 2 amide bonds. The number of rotatable bonds is 4. The molecule has 7 heteroatoms. The van der Waals surface area contributed by atoms with Crippen molar-refractivity contribution in [2.45, 2.75) is 26.3 Å². The average molecular weight is 312 g/mol. The van der Waals surface area contributed by atoms with Gasteiger partial charge in [0, 0.05) is 36.3 Å². The number of fused-ring (bicyclic) bond motifs is 1. The van der Waals surface area contributed by atoms with Crippen LogP contribution in [0.2, 0.25) is 0 Å². The van der Waals surface area contributed by atoms with Crippen molar-refractivity contribution in [3.63, 3.8) is 0 Å². The summed E-state index contributed by atoms with van der Waals surface area (Å²) in [7, 11) is 1.89. The van der Waals surface area contributed by atoms with Crippen LogP contribution in [0.4, 0.5) is 10.5 Å². The number of nitrogens with zero attached hydrogens (tertiary/aromatic N) is 3. The van der Waals surface area contributed by atoms with Crippen molar-refractivity contribution < 1.29 is 4.79 Å². The minimum atomic E-state index is -0.229. The molecule has 0 saturated carbocycles. The van der Waals surface area contributed by atoms with Crippen molar-refractivity contribution in [2.75, 3.05) is 5.32 Å². The van der Waals surface area contributed by atoms with Crippen LogP contribution in [0.25, 0.3) is 10.9 Å². The van der Waals surface area contributed by atoms with E-state index in [9.17, 15) is 4.79 Å². The molecule has 1 atom stereocenters. The number of aromatic amines is 1. The van der Waals surface area contributed by atoms with E-state index in [0.29, 0.717) is 6.42 Å². The minimum Gasteiger partial charge on any atom is -0.335 e. The van der Waals surface area contributed by atoms with Crippen molar-refractivity contribution in [2.24, 2.45) is 7.05 Å². The number of anilines is 1. The highest BCUT2D eigenvalue weighted by Gasteiger charge is 2.10. The Hall–Kier alpha value is -2.83. The molecule has 0 spiro atoms. The minimum absolute atomic E-state index is 0.0141. The highest BCUT2D eigenvalue weighted by molar-refractivity contribution is 5.92. The van der Waals surface area contributed by atoms with Crippen LogP contribution in [0, 0.1) is 6.92 Å². The smallest absolute Gasteiger partial charge is 0.319 e. The number of aromatic nitrogens is 4. The highest BCUT2D eigenvalue weighted by Crippen LogP contribution is 2.18. The molecule has 23 heavy (non-hydrogen) atoms. The summed E-state index contributed by atoms with van der Waals surface area (Å²) in [6.07, 6.45) is 2.46. The van der Waals surface area contributed by atoms with Crippen LogP contribution in [0.3, 0.4) is 0 Å². The lowest BCUT2D eigenvalue weighted by Crippen LogP contribution is -2.37. The lowest BCUT2D eigenvalue weighted by Gasteiger charge is -2.13. The van der Waals surface area contributed by atoms with Crippen LogP contribution >= 0.6 is 0 Å². The number of carbonyl (C=O) groups excluding carboxylic acids is 1. The molecule has 0 aliphatic heterocycles. The molecule has 0 fully saturated rings. The predicted molar refractivity (Wildman–Crippen MR) is 89.4 cm³/mol. The first-order valence-electron chi connectivity index (χ1n) is 7.51. The average Bonchev–Trinajstić information content (AvgIpc) is 3.05. The lowest BCUT2D eigenvalue weighted by atomic mass is 10.2. The Morgan fingerprint density at radius 1 is 1.39 bits per heavy atom. The normalized spacial score (nSPS) is 12.3. The fourth-order valence-electron chi connectivity index (χ4n) is 2.58. The van der Waals surface area contributed by atoms with Crippen molar-refractivity contribution in [3.8, 4) is 0 Å². The van der Waals surface area contributed by atoms with Crippen LogP contribution in [0.15, 0.2) is 30.5 Å². The summed E-state index contributed by atoms with van der Waals surface area (Å²) >= 11 is 0. The monoisotopic (exact) mass is 312 g/mol. The summed E-state index contributed by atoms with van der Waals surface area (Å²) in [4.78, 5) is 12.1. The third-order valence-electron chi connectivity index (χ3n) is 3.66. The van der Waals surface area contributed by atoms with Crippen LogP contribution in [0.1, 0.15) is 18.3 Å². The van der Waals surface area contributed by atoms with E-state index in [1.54, 1.807) is 10.9 Å². The molecule has 2 heterocycles. The Morgan fingerprint density at radius 2 is 2.22 bits per heavy atom. The van der Waals surface area contributed by atoms with Crippen molar-refractivity contribution in [3.05, 3.63) is 41.9 Å². The first kappa shape index (κ1) is 15.1. The second-order valence-corrected chi connectivity index (χ2v) is 5.79. The Kier molecular flexibility index (Phi) is 4.01. The SMILES string of the molecule is Cc1cc(CC(C)NC(=O)Nc2ccc3c(cnn3C)c2)n[nH]1. The third kappa shape index (κ3) is 3.50. The molecule has 0 radical (unpaired) electrons. The molecule has 2 aromatic heterocycles. The summed E-state index contributed by atoms with van der Waals surface area (Å²) in [6.45, 7) is 3.91. The molecule has 1 unspecified atom stereocenters. The van der Waals surface area contributed by atoms with Gasteiger partial charge in [-0.3, -0.25) is 9.78 Å². The van der Waals surface area contributed by atoms with E-state index in [1.807, 2.05) is 45.2 Å². The van der Waals surface area contributed by atoms with E-state index in [1.165, 1.54) is 0 Å². The summed E-state index contributed by atoms with van der Waals surface area (Å²) in [5, 5.41) is 18.0. The second-order valence-electron chi connectivity index (χ2n) is 5.79. The van der Waals surface area contributed by atoms with E-state index in [0.717, 1.165) is 28.0 Å². The molecule has 0 aliphatic carbocycles. The van der Waals surface area contributed by atoms with Crippen LogP contribution in [-0.2, 0) is 13.5 Å². The van der Waals surface area contributed by atoms with Gasteiger partial charge in [-0.2, -0.15) is 10.2 Å². The molecular weight excluding hydrogens is 292 g/mol. The fourth-order valence-corrected chi connectivity index (χ4v) is 2.58. The van der Waals surface area contributed by atoms with E-state index < -0.39 is 0 Å². The van der Waals surface area contributed by atoms with Gasteiger partial charge in [-0.15, -0.1) is 0 Å². The van der Waals surface area contributed by atoms with Gasteiger partial charge in [0.2, 0.25) is 0 Å². The Labute approximate surface area is 134 Å². The number of H-pyrrole nitrogens is 1. The summed E-state index contributed by atoms with van der Waals surface area (Å²) < 4.78 is 1.80. The molecule has 0 bridgehead atoms. The van der Waals surface area contributed by atoms with Gasteiger partial charge in [-0.25, -0.2) is 4.79 Å². The number of amides is 2. The van der Waals surface area contributed by atoms with E-state index >= 15 is 0 Å². The number of hydrogen-bond acceptors (Lipinski definition) is 3. The van der Waals surface area contributed by atoms with E-state index in [4.69, 9.17) is 0 Å². The zero-order chi connectivity index (χ0) is 16.4. The second kappa shape index (κ2) is 6.12. The van der Waals surface area contributed by atoms with Crippen molar-refractivity contribution >= 4 is 22.6 Å². The van der Waals surface area contributed by atoms with Gasteiger partial charge >= 0.3 is 6.03 Å². The van der Waals surface area contributed by atoms with Gasteiger partial charge in [0.1, 0.15) is 0 Å². The Morgan fingerprint density at radius 3 is 2.96 bits per heavy atom. The molecule has 1 aromatic carbocycles. The Balaban J connectivity index is 1.59. The van der Waals surface area contributed by atoms with Gasteiger partial charge in [0.15, 0.2) is 0 Å². The molecule has 3 N–H and O–H groups in total. The number of urea groups is 1. The zero-order valence-corrected chi connectivity index (χ0v) is 13.4. The van der Waals surface area contributed by atoms with Gasteiger partial charge in [-0.1, -0.05) is 0 Å². The number of carbonyl (C=O) groups is 1. The van der Waals surface area contributed by atoms with Crippen LogP contribution in [0.5, 0.6) is 0 Å². The zero-order valence-electron chi connectivity index (χ0n) is 13.4. The van der Waals surface area contributed by atoms with Crippen molar-refractivity contribution in [1.29, 1.82) is 0 Å². The molecule has 3 aromatic rings. The first-order chi connectivity index (χ1) is 11.0. The maximum atomic E-state index is 12.1. The lowest BCUT2D eigenvalue weighted by molar-refractivity contribution is 0.249. The molecule has 0 saturated heterocycles. The topological polar surface area (TPSA) is 87.6 Å². The van der Waals surface area contributed by atoms with Gasteiger partial charge in [-0.05, 0) is 38.1 Å². The summed E-state index contributed by atoms with van der Waals surface area (Å²) in [5.41, 5.74) is 3.72. The number of benzene rings is 1. The summed E-state index contributed by atoms with van der Waals surface area (Å²) in [5.74, 6) is 0. The molecular formula is C16H20N6O. The summed E-state index contributed by atoms with van der Waals surface area (Å²) in [6, 6.07) is 7.45. The molecule has 3 rings (SSSR count). The third-order valence-corrected chi connectivity index (χ3v) is 3.66. The maximum absolute atomic E-state index is 12.1. The van der Waals surface area contributed by atoms with Gasteiger partial charge in [0.05, 0.1) is 17.4 Å². The quantitative estimate of drug-likeness (QED) is 0.691. The standard InChI is InChI=1S/C16H20N6O/c1-10(6-14-7-11(2)20-21-14)18-16(23)19-13-4-5-15-12(8-13)9-17-22(15)3/h4-5,7-10H,6H2,1-3H3,(H,20,21)(H2,18,19,23). The number of hydrogen-bond donors (Lipinski definition) is 3. The van der Waals surface area contributed by atoms with Crippen LogP contribution in [-0.4, -0.2) is 32.1 Å². The Bertz CT molecular complexity index is 834.